The van der Waals surface area contributed by atoms with Crippen LogP contribution in [0.5, 0.6) is 0 Å². The van der Waals surface area contributed by atoms with Crippen molar-refractivity contribution in [2.24, 2.45) is 0 Å². The third-order valence-electron chi connectivity index (χ3n) is 5.29. The maximum Gasteiger partial charge on any atom is 0.177 e. The van der Waals surface area contributed by atoms with Gasteiger partial charge in [-0.3, -0.25) is 4.90 Å². The predicted octanol–water partition coefficient (Wildman–Crippen LogP) is 3.80. The van der Waals surface area contributed by atoms with Gasteiger partial charge < -0.3 is 14.3 Å². The molecule has 140 valence electrons. The zero-order valence-corrected chi connectivity index (χ0v) is 16.6. The van der Waals surface area contributed by atoms with Gasteiger partial charge in [0.05, 0.1) is 17.7 Å². The van der Waals surface area contributed by atoms with Crippen LogP contribution in [0.2, 0.25) is 0 Å². The van der Waals surface area contributed by atoms with Crippen LogP contribution in [0.15, 0.2) is 16.6 Å². The standard InChI is InChI=1S/C18H20BrF2N3OS/c19-12-1-2-13(20)16(17(12)21)11-9-15-14(22-18(26)24(15)10-11)3-4-23-5-7-25-8-6-23/h1-2,11H,3-10H2,(H,22,26)/t11-/m1/s1. The van der Waals surface area contributed by atoms with E-state index in [1.165, 1.54) is 12.1 Å². The highest BCUT2D eigenvalue weighted by atomic mass is 79.9. The smallest absolute Gasteiger partial charge is 0.177 e. The molecule has 0 aliphatic carbocycles. The van der Waals surface area contributed by atoms with Crippen molar-refractivity contribution in [2.75, 3.05) is 32.8 Å². The third-order valence-corrected chi connectivity index (χ3v) is 6.22. The van der Waals surface area contributed by atoms with E-state index in [-0.39, 0.29) is 11.5 Å². The van der Waals surface area contributed by atoms with Crippen LogP contribution in [-0.4, -0.2) is 47.3 Å². The van der Waals surface area contributed by atoms with Gasteiger partial charge in [-0.15, -0.1) is 0 Å². The van der Waals surface area contributed by atoms with Gasteiger partial charge in [0.25, 0.3) is 0 Å². The molecule has 3 heterocycles. The molecule has 4 nitrogen and oxygen atoms in total. The third kappa shape index (κ3) is 3.40. The molecule has 1 saturated heterocycles. The van der Waals surface area contributed by atoms with E-state index in [4.69, 9.17) is 17.0 Å². The Labute approximate surface area is 164 Å². The average molecular weight is 444 g/mol. The molecule has 1 atom stereocenters. The van der Waals surface area contributed by atoms with E-state index in [0.717, 1.165) is 50.7 Å². The highest BCUT2D eigenvalue weighted by molar-refractivity contribution is 9.10. The van der Waals surface area contributed by atoms with Gasteiger partial charge in [-0.2, -0.15) is 0 Å². The van der Waals surface area contributed by atoms with E-state index in [2.05, 4.69) is 25.8 Å². The normalized spacial score (nSPS) is 20.5. The Hall–Kier alpha value is -1.09. The minimum Gasteiger partial charge on any atom is -0.379 e. The molecule has 0 unspecified atom stereocenters. The number of nitrogens with zero attached hydrogens (tertiary/aromatic N) is 2. The fraction of sp³-hybridized carbons (Fsp3) is 0.500. The number of aromatic nitrogens is 2. The monoisotopic (exact) mass is 443 g/mol. The summed E-state index contributed by atoms with van der Waals surface area (Å²) in [6.07, 6.45) is 1.44. The molecule has 1 fully saturated rings. The number of benzene rings is 1. The van der Waals surface area contributed by atoms with Crippen LogP contribution in [0.25, 0.3) is 0 Å². The lowest BCUT2D eigenvalue weighted by Crippen LogP contribution is -2.37. The Morgan fingerprint density at radius 2 is 2.04 bits per heavy atom. The van der Waals surface area contributed by atoms with Gasteiger partial charge in [-0.1, -0.05) is 0 Å². The molecule has 0 spiro atoms. The van der Waals surface area contributed by atoms with Crippen LogP contribution < -0.4 is 0 Å². The average Bonchev–Trinajstić information content (AvgIpc) is 3.19. The summed E-state index contributed by atoms with van der Waals surface area (Å²) < 4.78 is 37.1. The molecular weight excluding hydrogens is 424 g/mol. The summed E-state index contributed by atoms with van der Waals surface area (Å²) in [5.41, 5.74) is 2.31. The van der Waals surface area contributed by atoms with Gasteiger partial charge in [0.1, 0.15) is 11.6 Å². The quantitative estimate of drug-likeness (QED) is 0.576. The second kappa shape index (κ2) is 7.50. The number of hydrogen-bond donors (Lipinski definition) is 1. The molecule has 1 aromatic carbocycles. The van der Waals surface area contributed by atoms with Crippen molar-refractivity contribution in [3.8, 4) is 0 Å². The Morgan fingerprint density at radius 3 is 2.81 bits per heavy atom. The number of nitrogens with one attached hydrogen (secondary N) is 1. The molecule has 2 aliphatic heterocycles. The minimum atomic E-state index is -0.509. The van der Waals surface area contributed by atoms with Crippen molar-refractivity contribution in [3.63, 3.8) is 0 Å². The molecular formula is C18H20BrF2N3OS. The van der Waals surface area contributed by atoms with E-state index in [1.807, 2.05) is 4.57 Å². The lowest BCUT2D eigenvalue weighted by atomic mass is 9.95. The second-order valence-corrected chi connectivity index (χ2v) is 8.07. The van der Waals surface area contributed by atoms with Crippen molar-refractivity contribution in [1.82, 2.24) is 14.5 Å². The fourth-order valence-electron chi connectivity index (χ4n) is 3.91. The molecule has 1 aromatic heterocycles. The van der Waals surface area contributed by atoms with Crippen LogP contribution >= 0.6 is 28.1 Å². The number of morpholine rings is 1. The number of H-pyrrole nitrogens is 1. The van der Waals surface area contributed by atoms with Crippen LogP contribution in [0, 0.1) is 16.4 Å². The summed E-state index contributed by atoms with van der Waals surface area (Å²) in [5.74, 6) is -1.24. The lowest BCUT2D eigenvalue weighted by Gasteiger charge is -2.26. The lowest BCUT2D eigenvalue weighted by molar-refractivity contribution is 0.0383. The summed E-state index contributed by atoms with van der Waals surface area (Å²) >= 11 is 8.60. The van der Waals surface area contributed by atoms with Crippen LogP contribution in [-0.2, 0) is 24.1 Å². The summed E-state index contributed by atoms with van der Waals surface area (Å²) in [7, 11) is 0. The molecule has 8 heteroatoms. The van der Waals surface area contributed by atoms with Gasteiger partial charge in [-0.05, 0) is 46.7 Å². The first-order valence-electron chi connectivity index (χ1n) is 8.78. The molecule has 4 rings (SSSR count). The number of aromatic amines is 1. The fourth-order valence-corrected chi connectivity index (χ4v) is 4.56. The van der Waals surface area contributed by atoms with E-state index < -0.39 is 11.6 Å². The number of hydrogen-bond acceptors (Lipinski definition) is 3. The van der Waals surface area contributed by atoms with E-state index >= 15 is 0 Å². The molecule has 2 aromatic rings. The van der Waals surface area contributed by atoms with Gasteiger partial charge in [-0.25, -0.2) is 8.78 Å². The highest BCUT2D eigenvalue weighted by Gasteiger charge is 2.31. The number of ether oxygens (including phenoxy) is 1. The number of fused-ring (bicyclic) bond motifs is 1. The predicted molar refractivity (Wildman–Crippen MR) is 101 cm³/mol. The van der Waals surface area contributed by atoms with Gasteiger partial charge >= 0.3 is 0 Å². The van der Waals surface area contributed by atoms with Gasteiger partial charge in [0.2, 0.25) is 0 Å². The van der Waals surface area contributed by atoms with E-state index in [0.29, 0.717) is 22.2 Å². The summed E-state index contributed by atoms with van der Waals surface area (Å²) in [6, 6.07) is 2.72. The highest BCUT2D eigenvalue weighted by Crippen LogP contribution is 2.36. The molecule has 2 aliphatic rings. The van der Waals surface area contributed by atoms with Crippen molar-refractivity contribution >= 4 is 28.1 Å². The molecule has 0 radical (unpaired) electrons. The van der Waals surface area contributed by atoms with Crippen LogP contribution in [0.4, 0.5) is 8.78 Å². The number of imidazole rings is 1. The Balaban J connectivity index is 1.54. The summed E-state index contributed by atoms with van der Waals surface area (Å²) in [5, 5.41) is 0. The first kappa shape index (κ1) is 18.3. The molecule has 0 saturated carbocycles. The Kier molecular flexibility index (Phi) is 5.27. The van der Waals surface area contributed by atoms with E-state index in [1.54, 1.807) is 0 Å². The largest absolute Gasteiger partial charge is 0.379 e. The van der Waals surface area contributed by atoms with Crippen molar-refractivity contribution in [1.29, 1.82) is 0 Å². The minimum absolute atomic E-state index is 0.150. The molecule has 26 heavy (non-hydrogen) atoms. The van der Waals surface area contributed by atoms with Crippen LogP contribution in [0.3, 0.4) is 0 Å². The first-order valence-corrected chi connectivity index (χ1v) is 9.98. The van der Waals surface area contributed by atoms with Crippen molar-refractivity contribution < 1.29 is 13.5 Å². The first-order chi connectivity index (χ1) is 12.5. The Bertz CT molecular complexity index is 876. The number of halogens is 3. The topological polar surface area (TPSA) is 33.2 Å². The van der Waals surface area contributed by atoms with Gasteiger partial charge in [0.15, 0.2) is 4.77 Å². The zero-order chi connectivity index (χ0) is 18.3. The summed E-state index contributed by atoms with van der Waals surface area (Å²) in [4.78, 5) is 5.66. The molecule has 0 bridgehead atoms. The van der Waals surface area contributed by atoms with Crippen molar-refractivity contribution in [2.45, 2.75) is 25.3 Å². The van der Waals surface area contributed by atoms with Crippen LogP contribution in [0.1, 0.15) is 22.9 Å². The van der Waals surface area contributed by atoms with Crippen molar-refractivity contribution in [3.05, 3.63) is 50.0 Å². The molecule has 0 amide bonds. The SMILES string of the molecule is Fc1ccc(Br)c(F)c1[C@@H]1Cc2c(CCN3CCOCC3)[nH]c(=S)n2C1. The Morgan fingerprint density at radius 1 is 1.27 bits per heavy atom. The zero-order valence-electron chi connectivity index (χ0n) is 14.2. The molecule has 1 N–H and O–H groups in total. The summed E-state index contributed by atoms with van der Waals surface area (Å²) in [6.45, 7) is 4.85. The van der Waals surface area contributed by atoms with E-state index in [9.17, 15) is 8.78 Å². The maximum absolute atomic E-state index is 14.5. The number of rotatable bonds is 4. The second-order valence-electron chi connectivity index (χ2n) is 6.83. The maximum atomic E-state index is 14.5. The van der Waals surface area contributed by atoms with Gasteiger partial charge in [0, 0.05) is 55.5 Å².